The van der Waals surface area contributed by atoms with E-state index < -0.39 is 0 Å². The highest BCUT2D eigenvalue weighted by atomic mass is 79.9. The highest BCUT2D eigenvalue weighted by Crippen LogP contribution is 2.31. The lowest BCUT2D eigenvalue weighted by Gasteiger charge is -2.10. The summed E-state index contributed by atoms with van der Waals surface area (Å²) < 4.78 is 6.17. The van der Waals surface area contributed by atoms with E-state index in [-0.39, 0.29) is 24.4 Å². The van der Waals surface area contributed by atoms with Crippen LogP contribution in [0.25, 0.3) is 10.7 Å². The maximum absolute atomic E-state index is 11.8. The van der Waals surface area contributed by atoms with Gasteiger partial charge in [-0.05, 0) is 40.8 Å². The topological polar surface area (TPSA) is 94.0 Å². The van der Waals surface area contributed by atoms with Gasteiger partial charge in [-0.15, -0.1) is 23.7 Å². The van der Waals surface area contributed by atoms with E-state index in [0.717, 1.165) is 9.35 Å². The number of amides is 1. The van der Waals surface area contributed by atoms with E-state index in [2.05, 4.69) is 31.4 Å². The standard InChI is InChI=1S/C14H17BrN4O2S.ClH/c15-9-5-11(22-7-9)14-18-13(21-19-14)4-3-12(20)17-6-10(16)8-1-2-8;/h5,7-8,10H,1-4,6,16H2,(H,17,20);1H. The summed E-state index contributed by atoms with van der Waals surface area (Å²) in [5, 5.41) is 8.75. The minimum absolute atomic E-state index is 0. The quantitative estimate of drug-likeness (QED) is 0.717. The summed E-state index contributed by atoms with van der Waals surface area (Å²) in [6, 6.07) is 2.02. The fourth-order valence-electron chi connectivity index (χ4n) is 2.12. The first kappa shape index (κ1) is 18.4. The number of thiophene rings is 1. The largest absolute Gasteiger partial charge is 0.355 e. The molecular weight excluding hydrogens is 404 g/mol. The predicted octanol–water partition coefficient (Wildman–Crippen LogP) is 2.77. The molecule has 0 bridgehead atoms. The lowest BCUT2D eigenvalue weighted by molar-refractivity contribution is -0.121. The van der Waals surface area contributed by atoms with E-state index >= 15 is 0 Å². The second kappa shape index (κ2) is 8.23. The van der Waals surface area contributed by atoms with Gasteiger partial charge in [0.15, 0.2) is 0 Å². The van der Waals surface area contributed by atoms with E-state index in [9.17, 15) is 4.79 Å². The van der Waals surface area contributed by atoms with Crippen LogP contribution in [-0.2, 0) is 11.2 Å². The maximum atomic E-state index is 11.8. The second-order valence-corrected chi connectivity index (χ2v) is 7.27. The Balaban J connectivity index is 0.00000192. The molecule has 9 heteroatoms. The van der Waals surface area contributed by atoms with Gasteiger partial charge in [0.25, 0.3) is 0 Å². The number of rotatable bonds is 7. The van der Waals surface area contributed by atoms with Crippen LogP contribution < -0.4 is 11.1 Å². The summed E-state index contributed by atoms with van der Waals surface area (Å²) in [6.45, 7) is 0.543. The van der Waals surface area contributed by atoms with Crippen molar-refractivity contribution >= 4 is 45.6 Å². The zero-order valence-electron chi connectivity index (χ0n) is 12.3. The number of carbonyl (C=O) groups excluding carboxylic acids is 1. The van der Waals surface area contributed by atoms with Gasteiger partial charge in [-0.3, -0.25) is 4.79 Å². The van der Waals surface area contributed by atoms with E-state index in [0.29, 0.717) is 37.0 Å². The Morgan fingerprint density at radius 2 is 2.35 bits per heavy atom. The van der Waals surface area contributed by atoms with Crippen molar-refractivity contribution in [1.29, 1.82) is 0 Å². The van der Waals surface area contributed by atoms with Crippen molar-refractivity contribution in [3.05, 3.63) is 21.8 Å². The van der Waals surface area contributed by atoms with Gasteiger partial charge in [0.05, 0.1) is 4.88 Å². The molecule has 1 atom stereocenters. The number of aryl methyl sites for hydroxylation is 1. The first-order valence-corrected chi connectivity index (χ1v) is 8.88. The summed E-state index contributed by atoms with van der Waals surface area (Å²) >= 11 is 4.93. The van der Waals surface area contributed by atoms with Crippen molar-refractivity contribution in [2.24, 2.45) is 11.7 Å². The van der Waals surface area contributed by atoms with Crippen LogP contribution in [0, 0.1) is 5.92 Å². The molecule has 23 heavy (non-hydrogen) atoms. The molecule has 0 saturated heterocycles. The molecule has 2 aromatic rings. The van der Waals surface area contributed by atoms with Gasteiger partial charge in [-0.25, -0.2) is 0 Å². The Hall–Kier alpha value is -0.960. The maximum Gasteiger partial charge on any atom is 0.227 e. The number of nitrogens with two attached hydrogens (primary N) is 1. The van der Waals surface area contributed by atoms with Crippen molar-refractivity contribution < 1.29 is 9.32 Å². The number of halogens is 2. The molecule has 6 nitrogen and oxygen atoms in total. The molecule has 126 valence electrons. The average molecular weight is 422 g/mol. The molecule has 1 saturated carbocycles. The van der Waals surface area contributed by atoms with Crippen LogP contribution >= 0.6 is 39.7 Å². The Morgan fingerprint density at radius 1 is 1.57 bits per heavy atom. The Morgan fingerprint density at radius 3 is 3.00 bits per heavy atom. The monoisotopic (exact) mass is 420 g/mol. The zero-order valence-corrected chi connectivity index (χ0v) is 15.5. The third-order valence-corrected chi connectivity index (χ3v) is 5.27. The van der Waals surface area contributed by atoms with Crippen LogP contribution in [-0.4, -0.2) is 28.6 Å². The van der Waals surface area contributed by atoms with Gasteiger partial charge in [0.2, 0.25) is 17.6 Å². The van der Waals surface area contributed by atoms with E-state index in [1.807, 2.05) is 11.4 Å². The molecular formula is C14H18BrClN4O2S. The number of carbonyl (C=O) groups is 1. The molecule has 3 N–H and O–H groups in total. The van der Waals surface area contributed by atoms with Crippen LogP contribution in [0.15, 0.2) is 20.4 Å². The summed E-state index contributed by atoms with van der Waals surface area (Å²) in [4.78, 5) is 17.0. The molecule has 1 unspecified atom stereocenters. The summed E-state index contributed by atoms with van der Waals surface area (Å²) in [6.07, 6.45) is 3.12. The SMILES string of the molecule is Cl.NC(CNC(=O)CCc1nc(-c2cc(Br)cs2)no1)C1CC1. The second-order valence-electron chi connectivity index (χ2n) is 5.45. The average Bonchev–Trinajstić information content (AvgIpc) is 3.10. The van der Waals surface area contributed by atoms with Gasteiger partial charge >= 0.3 is 0 Å². The molecule has 2 aromatic heterocycles. The highest BCUT2D eigenvalue weighted by molar-refractivity contribution is 9.10. The molecule has 0 aromatic carbocycles. The number of nitrogens with zero attached hydrogens (tertiary/aromatic N) is 2. The molecule has 3 rings (SSSR count). The van der Waals surface area contributed by atoms with E-state index in [1.54, 1.807) is 0 Å². The zero-order chi connectivity index (χ0) is 15.5. The molecule has 0 aliphatic heterocycles. The van der Waals surface area contributed by atoms with Crippen LogP contribution in [0.5, 0.6) is 0 Å². The number of hydrogen-bond acceptors (Lipinski definition) is 6. The molecule has 2 heterocycles. The third-order valence-electron chi connectivity index (χ3n) is 3.58. The Kier molecular flexibility index (Phi) is 6.58. The summed E-state index contributed by atoms with van der Waals surface area (Å²) in [5.74, 6) is 1.58. The lowest BCUT2D eigenvalue weighted by atomic mass is 10.2. The molecule has 0 spiro atoms. The third kappa shape index (κ3) is 5.27. The van der Waals surface area contributed by atoms with Crippen molar-refractivity contribution in [3.63, 3.8) is 0 Å². The summed E-state index contributed by atoms with van der Waals surface area (Å²) in [7, 11) is 0. The van der Waals surface area contributed by atoms with Crippen LogP contribution in [0.1, 0.15) is 25.2 Å². The van der Waals surface area contributed by atoms with Gasteiger partial charge in [-0.1, -0.05) is 5.16 Å². The van der Waals surface area contributed by atoms with Gasteiger partial charge in [0.1, 0.15) is 0 Å². The first-order valence-electron chi connectivity index (χ1n) is 7.21. The van der Waals surface area contributed by atoms with Gasteiger partial charge < -0.3 is 15.6 Å². The lowest BCUT2D eigenvalue weighted by Crippen LogP contribution is -2.38. The van der Waals surface area contributed by atoms with Gasteiger partial charge in [0, 0.05) is 35.3 Å². The molecule has 1 aliphatic rings. The van der Waals surface area contributed by atoms with Crippen molar-refractivity contribution in [3.8, 4) is 10.7 Å². The first-order chi connectivity index (χ1) is 10.6. The van der Waals surface area contributed by atoms with Crippen LogP contribution in [0.2, 0.25) is 0 Å². The normalized spacial score (nSPS) is 15.0. The van der Waals surface area contributed by atoms with E-state index in [1.165, 1.54) is 24.2 Å². The molecule has 1 fully saturated rings. The van der Waals surface area contributed by atoms with Crippen molar-refractivity contribution in [2.45, 2.75) is 31.7 Å². The minimum atomic E-state index is -0.0327. The number of aromatic nitrogens is 2. The minimum Gasteiger partial charge on any atom is -0.355 e. The van der Waals surface area contributed by atoms with Crippen LogP contribution in [0.4, 0.5) is 0 Å². The number of nitrogens with one attached hydrogen (secondary N) is 1. The fourth-order valence-corrected chi connectivity index (χ4v) is 3.47. The highest BCUT2D eigenvalue weighted by Gasteiger charge is 2.28. The van der Waals surface area contributed by atoms with Gasteiger partial charge in [-0.2, -0.15) is 4.98 Å². The smallest absolute Gasteiger partial charge is 0.227 e. The van der Waals surface area contributed by atoms with Crippen LogP contribution in [0.3, 0.4) is 0 Å². The molecule has 0 radical (unpaired) electrons. The Bertz CT molecular complexity index is 659. The van der Waals surface area contributed by atoms with Crippen molar-refractivity contribution in [2.75, 3.05) is 6.54 Å². The molecule has 1 amide bonds. The molecule has 1 aliphatic carbocycles. The van der Waals surface area contributed by atoms with Crippen molar-refractivity contribution in [1.82, 2.24) is 15.5 Å². The Labute approximate surface area is 152 Å². The predicted molar refractivity (Wildman–Crippen MR) is 94.6 cm³/mol. The number of hydrogen-bond donors (Lipinski definition) is 2. The van der Waals surface area contributed by atoms with E-state index in [4.69, 9.17) is 10.3 Å². The fraction of sp³-hybridized carbons (Fsp3) is 0.500. The summed E-state index contributed by atoms with van der Waals surface area (Å²) in [5.41, 5.74) is 5.95.